The van der Waals surface area contributed by atoms with Crippen molar-refractivity contribution >= 4 is 5.82 Å². The fourth-order valence-electron chi connectivity index (χ4n) is 2.83. The Hall–Kier alpha value is -2.14. The molecule has 5 nitrogen and oxygen atoms in total. The minimum Gasteiger partial charge on any atom is -0.491 e. The summed E-state index contributed by atoms with van der Waals surface area (Å²) in [6.07, 6.45) is 2.68. The molecule has 0 aliphatic carbocycles. The number of likely N-dealkylation sites (N-methyl/N-ethyl adjacent to an activating group) is 1. The lowest BCUT2D eigenvalue weighted by molar-refractivity contribution is 0.193. The summed E-state index contributed by atoms with van der Waals surface area (Å²) >= 11 is 0. The highest BCUT2D eigenvalue weighted by molar-refractivity contribution is 5.39. The lowest BCUT2D eigenvalue weighted by atomic mass is 10.0. The number of benzene rings is 1. The number of aromatic nitrogens is 2. The zero-order valence-electron chi connectivity index (χ0n) is 14.7. The van der Waals surface area contributed by atoms with Crippen LogP contribution in [0.4, 0.5) is 5.82 Å². The number of aryl methyl sites for hydroxylation is 2. The summed E-state index contributed by atoms with van der Waals surface area (Å²) in [7, 11) is 2.03. The molecule has 5 heteroatoms. The third-order valence-electron chi connectivity index (χ3n) is 4.44. The molecule has 0 radical (unpaired) electrons. The van der Waals surface area contributed by atoms with Crippen LogP contribution in [0.15, 0.2) is 30.6 Å². The number of hydrogen-bond acceptors (Lipinski definition) is 5. The quantitative estimate of drug-likeness (QED) is 0.816. The zero-order chi connectivity index (χ0) is 16.9. The highest BCUT2D eigenvalue weighted by atomic mass is 16.5. The zero-order valence-corrected chi connectivity index (χ0v) is 14.7. The van der Waals surface area contributed by atoms with Crippen LogP contribution in [0.25, 0.3) is 0 Å². The third kappa shape index (κ3) is 4.03. The van der Waals surface area contributed by atoms with Gasteiger partial charge in [-0.15, -0.1) is 0 Å². The van der Waals surface area contributed by atoms with E-state index in [4.69, 9.17) is 9.47 Å². The van der Waals surface area contributed by atoms with Crippen LogP contribution in [0.1, 0.15) is 29.2 Å². The summed E-state index contributed by atoms with van der Waals surface area (Å²) in [5, 5.41) is 0. The maximum Gasteiger partial charge on any atom is 0.132 e. The van der Waals surface area contributed by atoms with Gasteiger partial charge in [0.1, 0.15) is 24.5 Å². The van der Waals surface area contributed by atoms with E-state index in [1.807, 2.05) is 7.05 Å². The van der Waals surface area contributed by atoms with Gasteiger partial charge in [0.15, 0.2) is 0 Å². The highest BCUT2D eigenvalue weighted by Crippen LogP contribution is 2.25. The van der Waals surface area contributed by atoms with Gasteiger partial charge in [-0.25, -0.2) is 9.97 Å². The maximum atomic E-state index is 5.93. The normalized spacial score (nSPS) is 17.0. The van der Waals surface area contributed by atoms with E-state index >= 15 is 0 Å². The van der Waals surface area contributed by atoms with Crippen LogP contribution in [-0.4, -0.2) is 43.4 Å². The first-order chi connectivity index (χ1) is 11.6. The van der Waals surface area contributed by atoms with Gasteiger partial charge in [0.25, 0.3) is 0 Å². The van der Waals surface area contributed by atoms with Crippen LogP contribution in [0.5, 0.6) is 5.75 Å². The van der Waals surface area contributed by atoms with Crippen molar-refractivity contribution in [3.63, 3.8) is 0 Å². The monoisotopic (exact) mass is 327 g/mol. The van der Waals surface area contributed by atoms with E-state index in [0.29, 0.717) is 12.5 Å². The van der Waals surface area contributed by atoms with Crippen molar-refractivity contribution in [1.82, 2.24) is 9.97 Å². The summed E-state index contributed by atoms with van der Waals surface area (Å²) in [5.74, 6) is 2.28. The van der Waals surface area contributed by atoms with E-state index in [0.717, 1.165) is 49.0 Å². The van der Waals surface area contributed by atoms with Crippen molar-refractivity contribution in [2.75, 3.05) is 38.3 Å². The Kier molecular flexibility index (Phi) is 5.30. The molecule has 3 rings (SSSR count). The molecule has 2 heterocycles. The summed E-state index contributed by atoms with van der Waals surface area (Å²) in [6, 6.07) is 8.34. The Morgan fingerprint density at radius 3 is 2.92 bits per heavy atom. The van der Waals surface area contributed by atoms with Crippen molar-refractivity contribution in [3.8, 4) is 5.75 Å². The van der Waals surface area contributed by atoms with E-state index in [1.54, 1.807) is 6.33 Å². The van der Waals surface area contributed by atoms with Gasteiger partial charge in [0, 0.05) is 25.6 Å². The second-order valence-corrected chi connectivity index (χ2v) is 6.40. The molecule has 0 spiro atoms. The number of hydrogen-bond donors (Lipinski definition) is 0. The molecule has 2 aromatic rings. The van der Waals surface area contributed by atoms with E-state index in [1.165, 1.54) is 5.56 Å². The predicted octanol–water partition coefficient (Wildman–Crippen LogP) is 3.11. The van der Waals surface area contributed by atoms with Gasteiger partial charge >= 0.3 is 0 Å². The van der Waals surface area contributed by atoms with Crippen LogP contribution >= 0.6 is 0 Å². The number of ether oxygens (including phenoxy) is 2. The van der Waals surface area contributed by atoms with Crippen molar-refractivity contribution in [2.24, 2.45) is 0 Å². The predicted molar refractivity (Wildman–Crippen MR) is 94.9 cm³/mol. The van der Waals surface area contributed by atoms with Gasteiger partial charge in [-0.05, 0) is 37.5 Å². The Bertz CT molecular complexity index is 684. The van der Waals surface area contributed by atoms with Crippen molar-refractivity contribution in [2.45, 2.75) is 26.2 Å². The summed E-state index contributed by atoms with van der Waals surface area (Å²) in [4.78, 5) is 10.9. The Balaban J connectivity index is 1.57. The SMILES string of the molecule is Cc1ccc(C)c(OCCN(C)c2cc([C@@H]3CCOC3)ncn2)c1. The molecule has 0 saturated carbocycles. The molecule has 1 atom stereocenters. The Labute approximate surface area is 143 Å². The molecule has 1 aromatic carbocycles. The van der Waals surface area contributed by atoms with E-state index < -0.39 is 0 Å². The lowest BCUT2D eigenvalue weighted by Crippen LogP contribution is -2.25. The van der Waals surface area contributed by atoms with E-state index in [9.17, 15) is 0 Å². The maximum absolute atomic E-state index is 5.93. The topological polar surface area (TPSA) is 47.5 Å². The minimum atomic E-state index is 0.395. The molecule has 24 heavy (non-hydrogen) atoms. The van der Waals surface area contributed by atoms with Crippen LogP contribution in [0, 0.1) is 13.8 Å². The molecule has 1 saturated heterocycles. The first-order valence-electron chi connectivity index (χ1n) is 8.44. The standard InChI is InChI=1S/C19H25N3O2/c1-14-4-5-15(2)18(10-14)24-9-7-22(3)19-11-17(20-13-21-19)16-6-8-23-12-16/h4-5,10-11,13,16H,6-9,12H2,1-3H3/t16-/m1/s1. The summed E-state index contributed by atoms with van der Waals surface area (Å²) in [6.45, 7) is 7.11. The molecule has 0 bridgehead atoms. The molecule has 0 N–H and O–H groups in total. The first-order valence-corrected chi connectivity index (χ1v) is 8.44. The fraction of sp³-hybridized carbons (Fsp3) is 0.474. The van der Waals surface area contributed by atoms with Crippen LogP contribution in [0.2, 0.25) is 0 Å². The van der Waals surface area contributed by atoms with Crippen molar-refractivity contribution in [3.05, 3.63) is 47.4 Å². The molecule has 1 fully saturated rings. The van der Waals surface area contributed by atoms with Gasteiger partial charge in [-0.3, -0.25) is 0 Å². The second kappa shape index (κ2) is 7.62. The highest BCUT2D eigenvalue weighted by Gasteiger charge is 2.20. The van der Waals surface area contributed by atoms with Crippen molar-refractivity contribution < 1.29 is 9.47 Å². The Morgan fingerprint density at radius 2 is 2.12 bits per heavy atom. The lowest BCUT2D eigenvalue weighted by Gasteiger charge is -2.20. The Morgan fingerprint density at radius 1 is 1.25 bits per heavy atom. The number of nitrogens with zero attached hydrogens (tertiary/aromatic N) is 3. The molecular weight excluding hydrogens is 302 g/mol. The minimum absolute atomic E-state index is 0.395. The van der Waals surface area contributed by atoms with Gasteiger partial charge < -0.3 is 14.4 Å². The number of anilines is 1. The molecule has 1 aromatic heterocycles. The molecule has 128 valence electrons. The molecule has 1 aliphatic heterocycles. The van der Waals surface area contributed by atoms with Gasteiger partial charge in [-0.1, -0.05) is 12.1 Å². The summed E-state index contributed by atoms with van der Waals surface area (Å²) in [5.41, 5.74) is 3.44. The molecule has 1 aliphatic rings. The van der Waals surface area contributed by atoms with E-state index in [-0.39, 0.29) is 0 Å². The smallest absolute Gasteiger partial charge is 0.132 e. The number of rotatable bonds is 6. The van der Waals surface area contributed by atoms with Crippen LogP contribution in [0.3, 0.4) is 0 Å². The average Bonchev–Trinajstić information content (AvgIpc) is 3.12. The summed E-state index contributed by atoms with van der Waals surface area (Å²) < 4.78 is 11.4. The fourth-order valence-corrected chi connectivity index (χ4v) is 2.83. The van der Waals surface area contributed by atoms with Gasteiger partial charge in [-0.2, -0.15) is 0 Å². The molecular formula is C19H25N3O2. The van der Waals surface area contributed by atoms with Crippen LogP contribution in [-0.2, 0) is 4.74 Å². The van der Waals surface area contributed by atoms with Gasteiger partial charge in [0.2, 0.25) is 0 Å². The second-order valence-electron chi connectivity index (χ2n) is 6.40. The first kappa shape index (κ1) is 16.7. The molecule has 0 unspecified atom stereocenters. The molecule has 0 amide bonds. The average molecular weight is 327 g/mol. The largest absolute Gasteiger partial charge is 0.491 e. The van der Waals surface area contributed by atoms with Crippen LogP contribution < -0.4 is 9.64 Å². The third-order valence-corrected chi connectivity index (χ3v) is 4.44. The van der Waals surface area contributed by atoms with E-state index in [2.05, 4.69) is 53.0 Å². The van der Waals surface area contributed by atoms with Gasteiger partial charge in [0.05, 0.1) is 18.8 Å². The van der Waals surface area contributed by atoms with Crippen molar-refractivity contribution in [1.29, 1.82) is 0 Å².